The number of rotatable bonds is 4. The molecule has 1 aliphatic heterocycles. The zero-order valence-electron chi connectivity index (χ0n) is 10.2. The Hall–Kier alpha value is -0.180. The summed E-state index contributed by atoms with van der Waals surface area (Å²) in [5, 5.41) is 0. The molecule has 1 heterocycles. The standard InChI is InChI=1S/C13H23NOS/c1-2-11-7-12(15)14(8-11)9-13(10-16)5-3-4-6-13/h11,16H,2-10H2,1H3. The maximum atomic E-state index is 11.9. The summed E-state index contributed by atoms with van der Waals surface area (Å²) in [5.41, 5.74) is 0.335. The first-order chi connectivity index (χ1) is 7.69. The molecule has 0 spiro atoms. The molecule has 0 bridgehead atoms. The third-order valence-electron chi connectivity index (χ3n) is 4.40. The SMILES string of the molecule is CCC1CC(=O)N(CC2(CS)CCCC2)C1. The van der Waals surface area contributed by atoms with Gasteiger partial charge >= 0.3 is 0 Å². The molecule has 0 aromatic rings. The van der Waals surface area contributed by atoms with Gasteiger partial charge in [0.15, 0.2) is 0 Å². The lowest BCUT2D eigenvalue weighted by Crippen LogP contribution is -2.38. The zero-order valence-corrected chi connectivity index (χ0v) is 11.1. The predicted molar refractivity (Wildman–Crippen MR) is 69.7 cm³/mol. The van der Waals surface area contributed by atoms with Crippen molar-refractivity contribution in [1.82, 2.24) is 4.90 Å². The van der Waals surface area contributed by atoms with E-state index in [0.29, 0.717) is 17.2 Å². The number of likely N-dealkylation sites (tertiary alicyclic amines) is 1. The molecule has 0 N–H and O–H groups in total. The molecule has 1 saturated heterocycles. The summed E-state index contributed by atoms with van der Waals surface area (Å²) in [4.78, 5) is 14.0. The molecule has 0 aromatic carbocycles. The van der Waals surface area contributed by atoms with Gasteiger partial charge in [-0.1, -0.05) is 26.2 Å². The van der Waals surface area contributed by atoms with Crippen LogP contribution < -0.4 is 0 Å². The molecular formula is C13H23NOS. The number of amides is 1. The highest BCUT2D eigenvalue weighted by atomic mass is 32.1. The van der Waals surface area contributed by atoms with Gasteiger partial charge in [-0.15, -0.1) is 0 Å². The van der Waals surface area contributed by atoms with Crippen molar-refractivity contribution in [2.24, 2.45) is 11.3 Å². The second-order valence-corrected chi connectivity index (χ2v) is 5.93. The Morgan fingerprint density at radius 2 is 2.12 bits per heavy atom. The van der Waals surface area contributed by atoms with E-state index in [4.69, 9.17) is 0 Å². The molecule has 2 fully saturated rings. The molecule has 1 aliphatic carbocycles. The quantitative estimate of drug-likeness (QED) is 0.750. The van der Waals surface area contributed by atoms with Crippen LogP contribution in [0.4, 0.5) is 0 Å². The molecule has 1 saturated carbocycles. The fraction of sp³-hybridized carbons (Fsp3) is 0.923. The summed E-state index contributed by atoms with van der Waals surface area (Å²) in [6.07, 6.45) is 7.07. The number of nitrogens with zero attached hydrogens (tertiary/aromatic N) is 1. The molecule has 0 radical (unpaired) electrons. The number of carbonyl (C=O) groups excluding carboxylic acids is 1. The molecule has 3 heteroatoms. The van der Waals surface area contributed by atoms with Crippen molar-refractivity contribution in [1.29, 1.82) is 0 Å². The van der Waals surface area contributed by atoms with Crippen LogP contribution in [0.2, 0.25) is 0 Å². The average molecular weight is 241 g/mol. The van der Waals surface area contributed by atoms with Gasteiger partial charge in [-0.05, 0) is 29.9 Å². The van der Waals surface area contributed by atoms with Crippen molar-refractivity contribution in [3.8, 4) is 0 Å². The largest absolute Gasteiger partial charge is 0.342 e. The van der Waals surface area contributed by atoms with Crippen LogP contribution in [-0.4, -0.2) is 29.6 Å². The lowest BCUT2D eigenvalue weighted by molar-refractivity contribution is -0.128. The van der Waals surface area contributed by atoms with Crippen LogP contribution in [0.25, 0.3) is 0 Å². The molecule has 1 unspecified atom stereocenters. The second kappa shape index (κ2) is 4.99. The monoisotopic (exact) mass is 241 g/mol. The van der Waals surface area contributed by atoms with Crippen molar-refractivity contribution in [3.63, 3.8) is 0 Å². The van der Waals surface area contributed by atoms with Gasteiger partial charge in [0.2, 0.25) is 5.91 Å². The molecule has 2 rings (SSSR count). The molecule has 0 aromatic heterocycles. The number of hydrogen-bond donors (Lipinski definition) is 1. The van der Waals surface area contributed by atoms with E-state index in [1.165, 1.54) is 25.7 Å². The second-order valence-electron chi connectivity index (χ2n) is 5.62. The summed E-state index contributed by atoms with van der Waals surface area (Å²) in [5.74, 6) is 1.92. The predicted octanol–water partition coefficient (Wildman–Crippen LogP) is 2.74. The Labute approximate surface area is 104 Å². The minimum Gasteiger partial charge on any atom is -0.342 e. The van der Waals surface area contributed by atoms with Crippen molar-refractivity contribution < 1.29 is 4.79 Å². The van der Waals surface area contributed by atoms with Gasteiger partial charge < -0.3 is 4.90 Å². The van der Waals surface area contributed by atoms with Crippen LogP contribution in [0.15, 0.2) is 0 Å². The Morgan fingerprint density at radius 3 is 2.62 bits per heavy atom. The van der Waals surface area contributed by atoms with E-state index in [1.54, 1.807) is 0 Å². The summed E-state index contributed by atoms with van der Waals surface area (Å²) in [6.45, 7) is 4.14. The molecule has 92 valence electrons. The van der Waals surface area contributed by atoms with Gasteiger partial charge in [-0.25, -0.2) is 0 Å². The molecule has 2 aliphatic rings. The van der Waals surface area contributed by atoms with Gasteiger partial charge in [0.05, 0.1) is 0 Å². The molecule has 2 nitrogen and oxygen atoms in total. The molecule has 1 atom stereocenters. The van der Waals surface area contributed by atoms with E-state index in [-0.39, 0.29) is 0 Å². The van der Waals surface area contributed by atoms with Crippen LogP contribution in [-0.2, 0) is 4.79 Å². The normalized spacial score (nSPS) is 29.0. The van der Waals surface area contributed by atoms with Gasteiger partial charge in [0.25, 0.3) is 0 Å². The minimum atomic E-state index is 0.335. The summed E-state index contributed by atoms with van der Waals surface area (Å²) >= 11 is 4.51. The van der Waals surface area contributed by atoms with Crippen molar-refractivity contribution >= 4 is 18.5 Å². The Kier molecular flexibility index (Phi) is 3.83. The summed E-state index contributed by atoms with van der Waals surface area (Å²) < 4.78 is 0. The summed E-state index contributed by atoms with van der Waals surface area (Å²) in [7, 11) is 0. The van der Waals surface area contributed by atoms with Crippen molar-refractivity contribution in [2.45, 2.75) is 45.4 Å². The van der Waals surface area contributed by atoms with Crippen LogP contribution in [0.3, 0.4) is 0 Å². The van der Waals surface area contributed by atoms with Gasteiger partial charge in [-0.3, -0.25) is 4.79 Å². The topological polar surface area (TPSA) is 20.3 Å². The lowest BCUT2D eigenvalue weighted by Gasteiger charge is -2.32. The number of hydrogen-bond acceptors (Lipinski definition) is 2. The first kappa shape index (κ1) is 12.3. The fourth-order valence-corrected chi connectivity index (χ4v) is 3.59. The van der Waals surface area contributed by atoms with E-state index >= 15 is 0 Å². The van der Waals surface area contributed by atoms with Crippen LogP contribution in [0.5, 0.6) is 0 Å². The van der Waals surface area contributed by atoms with Crippen LogP contribution in [0.1, 0.15) is 45.4 Å². The van der Waals surface area contributed by atoms with E-state index < -0.39 is 0 Å². The average Bonchev–Trinajstić information content (AvgIpc) is 2.88. The third-order valence-corrected chi connectivity index (χ3v) is 5.07. The third kappa shape index (κ3) is 2.39. The summed E-state index contributed by atoms with van der Waals surface area (Å²) in [6, 6.07) is 0. The maximum absolute atomic E-state index is 11.9. The van der Waals surface area contributed by atoms with Gasteiger partial charge in [0, 0.05) is 19.5 Å². The zero-order chi connectivity index (χ0) is 11.6. The minimum absolute atomic E-state index is 0.335. The van der Waals surface area contributed by atoms with Gasteiger partial charge in [0.1, 0.15) is 0 Å². The highest BCUT2D eigenvalue weighted by Crippen LogP contribution is 2.40. The Morgan fingerprint density at radius 1 is 1.44 bits per heavy atom. The Balaban J connectivity index is 1.96. The Bertz CT molecular complexity index is 261. The highest BCUT2D eigenvalue weighted by Gasteiger charge is 2.38. The molecule has 16 heavy (non-hydrogen) atoms. The molecular weight excluding hydrogens is 218 g/mol. The maximum Gasteiger partial charge on any atom is 0.222 e. The fourth-order valence-electron chi connectivity index (χ4n) is 3.18. The van der Waals surface area contributed by atoms with E-state index in [1.807, 2.05) is 0 Å². The smallest absolute Gasteiger partial charge is 0.222 e. The van der Waals surface area contributed by atoms with E-state index in [2.05, 4.69) is 24.5 Å². The van der Waals surface area contributed by atoms with Gasteiger partial charge in [-0.2, -0.15) is 12.6 Å². The lowest BCUT2D eigenvalue weighted by atomic mass is 9.88. The number of carbonyl (C=O) groups is 1. The first-order valence-electron chi connectivity index (χ1n) is 6.58. The van der Waals surface area contributed by atoms with Crippen LogP contribution in [0, 0.1) is 11.3 Å². The number of thiol groups is 1. The van der Waals surface area contributed by atoms with Crippen molar-refractivity contribution in [3.05, 3.63) is 0 Å². The van der Waals surface area contributed by atoms with E-state index in [9.17, 15) is 4.79 Å². The van der Waals surface area contributed by atoms with Crippen LogP contribution >= 0.6 is 12.6 Å². The highest BCUT2D eigenvalue weighted by molar-refractivity contribution is 7.80. The molecule has 1 amide bonds. The first-order valence-corrected chi connectivity index (χ1v) is 7.21. The van der Waals surface area contributed by atoms with E-state index in [0.717, 1.165) is 31.7 Å². The van der Waals surface area contributed by atoms with Crippen molar-refractivity contribution in [2.75, 3.05) is 18.8 Å².